The lowest BCUT2D eigenvalue weighted by molar-refractivity contribution is -0.399. The molecule has 22 saturated heterocycles. The molecule has 0 aliphatic carbocycles. The second-order valence-corrected chi connectivity index (χ2v) is 22.5. The molecular formula is C48H80O40. The molecule has 40 atom stereocenters. The Hall–Kier alpha value is -1.60. The number of rotatable bonds is 10. The van der Waals surface area contributed by atoms with Gasteiger partial charge in [-0.3, -0.25) is 0 Å². The number of hydrogen-bond acceptors (Lipinski definition) is 40. The molecule has 22 rings (SSSR count). The zero-order chi connectivity index (χ0) is 64.1. The highest BCUT2D eigenvalue weighted by Crippen LogP contribution is 2.39. The van der Waals surface area contributed by atoms with E-state index in [1.807, 2.05) is 0 Å². The molecule has 0 aromatic rings. The van der Waals surface area contributed by atoms with Crippen molar-refractivity contribution in [2.24, 2.45) is 0 Å². The van der Waals surface area contributed by atoms with Crippen LogP contribution in [0.1, 0.15) is 0 Å². The van der Waals surface area contributed by atoms with Crippen molar-refractivity contribution < 1.29 is 198 Å². The third-order valence-corrected chi connectivity index (χ3v) is 16.9. The van der Waals surface area contributed by atoms with Crippen LogP contribution in [0.25, 0.3) is 0 Å². The standard InChI is InChI=1S/C48H80O40/c49-1-9-17(56)18(57)26(65)41(74-9)73-8-16-40-25(64)33(72)48(81-16)87-39-15(7-55)79-46(31(70)23(39)62)85-37-13(5-53)77-44(29(68)21(37)60)83-35-11(3-51)75-42(27(66)19(35)58)82-34-10(2-50)76-43(28(67)20(34)59)84-36-12(4-52)78-45(30(69)22(36)61)86-38-14(6-54)80-47(88-40)32(71)24(38)63/h9-72H,1-8H2/t9-,10-,11-,12-,13-,14-,15-,16-,17-,18+,19-,20-,21-,22-,23-,24-,25-,26-,27-,28-,29+,30-,31+,32-,33-,34-,35-,36-,37-,38-,39-,40-,41?,42-,43-,44-,45-,46-,47-,48-/m1/s1. The topological polar surface area (TPSA) is 633 Å². The Morgan fingerprint density at radius 1 is 0.182 bits per heavy atom. The number of aliphatic hydroxyl groups is 24. The lowest BCUT2D eigenvalue weighted by Crippen LogP contribution is -2.68. The van der Waals surface area contributed by atoms with Gasteiger partial charge >= 0.3 is 0 Å². The normalized spacial score (nSPS) is 55.2. The minimum atomic E-state index is -2.35. The molecule has 22 aliphatic rings. The maximum atomic E-state index is 11.8. The Balaban J connectivity index is 1.02. The molecule has 0 aromatic heterocycles. The predicted octanol–water partition coefficient (Wildman–Crippen LogP) is -17.4. The largest absolute Gasteiger partial charge is 0.394 e. The molecule has 0 saturated carbocycles. The SMILES string of the molecule is OC[C@H]1OC(OC[C@H]2O[C@@H]3O[C@H]4[C@H](O)[C@H](O)[C@@H](O[C@H]5[C@H](O)[C@H](O)[C@@H](O[C@H]6[C@H](O)[C@@H](O)[C@@H](O[C@H]7[C@H](O)[C@@H](O)[C@@H](O[C@H]8[C@H](O)[C@@H](O)[C@@H](O[C@H]9[C@H](O)[C@@H](O)[C@@H](O[C@H]2[C@H](O)[C@H]3O)O[C@@H]9CO)O[C@@H]8CO)O[C@@H]7CO)O[C@@H]6CO)O[C@@H]5CO)O[C@@H]4CO)[C@H](O)[C@@H](O)[C@@H]1O. The van der Waals surface area contributed by atoms with Gasteiger partial charge in [0.1, 0.15) is 195 Å². The van der Waals surface area contributed by atoms with Gasteiger partial charge in [-0.2, -0.15) is 0 Å². The summed E-state index contributed by atoms with van der Waals surface area (Å²) in [5.74, 6) is 0. The van der Waals surface area contributed by atoms with E-state index in [2.05, 4.69) is 0 Å². The quantitative estimate of drug-likeness (QED) is 0.0966. The van der Waals surface area contributed by atoms with Gasteiger partial charge in [0.05, 0.1) is 52.9 Å². The molecule has 40 heteroatoms. The average molecular weight is 1300 g/mol. The third-order valence-electron chi connectivity index (χ3n) is 16.9. The summed E-state index contributed by atoms with van der Waals surface area (Å²) >= 11 is 0. The van der Waals surface area contributed by atoms with Crippen molar-refractivity contribution in [2.75, 3.05) is 52.9 Å². The molecule has 0 radical (unpaired) electrons. The fraction of sp³-hybridized carbons (Fsp3) is 1.00. The van der Waals surface area contributed by atoms with Gasteiger partial charge in [-0.25, -0.2) is 0 Å². The second kappa shape index (κ2) is 30.0. The predicted molar refractivity (Wildman–Crippen MR) is 261 cm³/mol. The Morgan fingerprint density at radius 2 is 0.375 bits per heavy atom. The van der Waals surface area contributed by atoms with Crippen LogP contribution < -0.4 is 0 Å². The minimum Gasteiger partial charge on any atom is -0.394 e. The van der Waals surface area contributed by atoms with Gasteiger partial charge in [0.25, 0.3) is 0 Å². The van der Waals surface area contributed by atoms with E-state index in [0.29, 0.717) is 0 Å². The van der Waals surface area contributed by atoms with E-state index < -0.39 is 299 Å². The lowest BCUT2D eigenvalue weighted by Gasteiger charge is -2.50. The van der Waals surface area contributed by atoms with Crippen molar-refractivity contribution in [3.8, 4) is 0 Å². The van der Waals surface area contributed by atoms with E-state index in [-0.39, 0.29) is 0 Å². The molecule has 22 heterocycles. The van der Waals surface area contributed by atoms with Crippen LogP contribution >= 0.6 is 0 Å². The van der Waals surface area contributed by atoms with Crippen LogP contribution in [0.4, 0.5) is 0 Å². The van der Waals surface area contributed by atoms with Crippen LogP contribution in [0.2, 0.25) is 0 Å². The van der Waals surface area contributed by atoms with E-state index in [1.165, 1.54) is 0 Å². The van der Waals surface area contributed by atoms with E-state index in [0.717, 1.165) is 0 Å². The van der Waals surface area contributed by atoms with Crippen molar-refractivity contribution in [1.82, 2.24) is 0 Å². The van der Waals surface area contributed by atoms with Gasteiger partial charge in [-0.15, -0.1) is 0 Å². The molecule has 40 nitrogen and oxygen atoms in total. The van der Waals surface area contributed by atoms with Gasteiger partial charge in [0, 0.05) is 0 Å². The van der Waals surface area contributed by atoms with Crippen LogP contribution in [-0.4, -0.2) is 421 Å². The van der Waals surface area contributed by atoms with E-state index in [1.54, 1.807) is 0 Å². The van der Waals surface area contributed by atoms with E-state index >= 15 is 0 Å². The van der Waals surface area contributed by atoms with Gasteiger partial charge in [-0.05, 0) is 0 Å². The number of hydrogen-bond donors (Lipinski definition) is 24. The summed E-state index contributed by atoms with van der Waals surface area (Å²) in [5.41, 5.74) is 0. The summed E-state index contributed by atoms with van der Waals surface area (Å²) in [6.07, 6.45) is -82.6. The summed E-state index contributed by atoms with van der Waals surface area (Å²) in [6.45, 7) is -8.51. The Morgan fingerprint density at radius 3 is 0.580 bits per heavy atom. The first-order valence-electron chi connectivity index (χ1n) is 28.1. The summed E-state index contributed by atoms with van der Waals surface area (Å²) in [7, 11) is 0. The summed E-state index contributed by atoms with van der Waals surface area (Å²) < 4.78 is 91.6. The van der Waals surface area contributed by atoms with Crippen molar-refractivity contribution in [1.29, 1.82) is 0 Å². The average Bonchev–Trinajstić information content (AvgIpc) is 2.18. The molecule has 512 valence electrons. The van der Waals surface area contributed by atoms with Crippen LogP contribution in [0.15, 0.2) is 0 Å². The molecule has 0 spiro atoms. The molecule has 22 aliphatic heterocycles. The van der Waals surface area contributed by atoms with Gasteiger partial charge in [0.2, 0.25) is 0 Å². The highest BCUT2D eigenvalue weighted by molar-refractivity contribution is 5.02. The molecular weight excluding hydrogens is 1220 g/mol. The van der Waals surface area contributed by atoms with Crippen molar-refractivity contribution >= 4 is 0 Å². The van der Waals surface area contributed by atoms with E-state index in [9.17, 15) is 123 Å². The highest BCUT2D eigenvalue weighted by Gasteiger charge is 2.60. The Labute approximate surface area is 496 Å². The summed E-state index contributed by atoms with van der Waals surface area (Å²) in [6, 6.07) is 0. The maximum absolute atomic E-state index is 11.8. The summed E-state index contributed by atoms with van der Waals surface area (Å²) in [4.78, 5) is 0. The Bertz CT molecular complexity index is 2130. The molecule has 1 unspecified atom stereocenters. The van der Waals surface area contributed by atoms with Crippen molar-refractivity contribution in [3.63, 3.8) is 0 Å². The molecule has 24 N–H and O–H groups in total. The van der Waals surface area contributed by atoms with Crippen molar-refractivity contribution in [3.05, 3.63) is 0 Å². The fourth-order valence-corrected chi connectivity index (χ4v) is 11.8. The van der Waals surface area contributed by atoms with Gasteiger partial charge < -0.3 is 198 Å². The second-order valence-electron chi connectivity index (χ2n) is 22.5. The first-order chi connectivity index (χ1) is 41.9. The molecule has 0 aromatic carbocycles. The number of ether oxygens (including phenoxy) is 16. The van der Waals surface area contributed by atoms with Gasteiger partial charge in [-0.1, -0.05) is 0 Å². The van der Waals surface area contributed by atoms with Crippen LogP contribution in [0, 0.1) is 0 Å². The smallest absolute Gasteiger partial charge is 0.187 e. The fourth-order valence-electron chi connectivity index (χ4n) is 11.8. The molecule has 22 fully saturated rings. The monoisotopic (exact) mass is 1300 g/mol. The van der Waals surface area contributed by atoms with Crippen LogP contribution in [0.3, 0.4) is 0 Å². The molecule has 14 bridgehead atoms. The third kappa shape index (κ3) is 13.9. The number of aliphatic hydroxyl groups excluding tert-OH is 24. The molecule has 0 amide bonds. The maximum Gasteiger partial charge on any atom is 0.187 e. The highest BCUT2D eigenvalue weighted by atomic mass is 16.8. The van der Waals surface area contributed by atoms with Crippen LogP contribution in [-0.2, 0) is 75.8 Å². The minimum absolute atomic E-state index is 0.919. The Kier molecular flexibility index (Phi) is 24.1. The summed E-state index contributed by atoms with van der Waals surface area (Å²) in [5, 5.41) is 265. The zero-order valence-corrected chi connectivity index (χ0v) is 46.0. The first kappa shape index (κ1) is 70.7. The molecule has 88 heavy (non-hydrogen) atoms. The first-order valence-corrected chi connectivity index (χ1v) is 28.1. The van der Waals surface area contributed by atoms with Crippen LogP contribution in [0.5, 0.6) is 0 Å². The zero-order valence-electron chi connectivity index (χ0n) is 46.0. The van der Waals surface area contributed by atoms with Gasteiger partial charge in [0.15, 0.2) is 50.3 Å². The van der Waals surface area contributed by atoms with E-state index in [4.69, 9.17) is 75.8 Å². The lowest BCUT2D eigenvalue weighted by atomic mass is 9.95. The van der Waals surface area contributed by atoms with Crippen molar-refractivity contribution in [2.45, 2.75) is 246 Å².